The quantitative estimate of drug-likeness (QED) is 0.0245. The minimum Gasteiger partial charge on any atom is -0.541 e. The maximum Gasteiger partial charge on any atom is 0.534 e. The van der Waals surface area contributed by atoms with E-state index < -0.39 is 56.9 Å². The van der Waals surface area contributed by atoms with Gasteiger partial charge in [-0.1, -0.05) is 192 Å². The summed E-state index contributed by atoms with van der Waals surface area (Å²) < 4.78 is 111. The van der Waals surface area contributed by atoms with E-state index in [1.54, 1.807) is 23.1 Å². The Bertz CT molecular complexity index is 4190. The Hall–Kier alpha value is -8.02. The first-order valence-corrected chi connectivity index (χ1v) is 37.6. The largest absolute Gasteiger partial charge is 0.541 e. The van der Waals surface area contributed by atoms with Gasteiger partial charge in [0.2, 0.25) is 0 Å². The molecule has 10 rings (SSSR count). The van der Waals surface area contributed by atoms with Gasteiger partial charge in [-0.25, -0.2) is 8.78 Å². The fraction of sp³-hybridized carbons (Fsp3) is 0.342. The predicted octanol–water partition coefficient (Wildman–Crippen LogP) is 17.3. The van der Waals surface area contributed by atoms with E-state index in [0.29, 0.717) is 52.0 Å². The smallest absolute Gasteiger partial charge is 0.534 e. The molecule has 0 atom stereocenters. The monoisotopic (exact) mass is 1350 g/mol. The molecule has 2 amide bonds. The Morgan fingerprint density at radius 3 is 1.32 bits per heavy atom. The molecule has 0 unspecified atom stereocenters. The van der Waals surface area contributed by atoms with Crippen LogP contribution in [0.25, 0.3) is 40.0 Å². The standard InChI is InChI=1S/C36H41FN2O2Si.C29H34F4N2O5SSi.C8H9BO2/c1-23(2)42(24(3)4,25(5)6)41-35-33-32(22-39(7)36(33)40)30(18-15-26-11-9-8-10-12-26)31-20-28(21-38-34(31)35)19-27-13-16-29(37)17-14-27;1-16(2)42(17(3)4,18(5)6)40-27-24-23(15-35(7)28(24)36)26(39-41(37,38)29(31,32)33)22-13-20(14-34-25(22)27)12-19-8-10-21(30)11-9-19;10-9(11)7-6-8-4-2-1-3-5-8/h8-18,20-21,23-25H,19,22H2,1-7H3;8-11,13-14,16-18H,12,15H2,1-7H3;1-7,10-11H/b18-15+;;7-6+. The number of benzene rings is 6. The van der Waals surface area contributed by atoms with Gasteiger partial charge in [0.1, 0.15) is 34.2 Å². The maximum absolute atomic E-state index is 13.8. The molecule has 2 N–H and O–H groups in total. The van der Waals surface area contributed by atoms with E-state index in [1.165, 1.54) is 54.5 Å². The summed E-state index contributed by atoms with van der Waals surface area (Å²) in [6, 6.07) is 35.6. The fourth-order valence-corrected chi connectivity index (χ4v) is 24.7. The van der Waals surface area contributed by atoms with Gasteiger partial charge in [0.25, 0.3) is 28.4 Å². The van der Waals surface area contributed by atoms with Gasteiger partial charge in [-0.05, 0) is 127 Å². The Morgan fingerprint density at radius 2 is 0.916 bits per heavy atom. The molecule has 0 spiro atoms. The first-order valence-electron chi connectivity index (χ1n) is 31.9. The zero-order valence-corrected chi connectivity index (χ0v) is 59.0. The number of carbonyl (C=O) groups excluding carboxylic acids is 2. The molecule has 95 heavy (non-hydrogen) atoms. The molecule has 13 nitrogen and oxygen atoms in total. The summed E-state index contributed by atoms with van der Waals surface area (Å²) in [7, 11) is -9.30. The molecule has 0 radical (unpaired) electrons. The van der Waals surface area contributed by atoms with Crippen molar-refractivity contribution in [2.24, 2.45) is 0 Å². The molecule has 6 aromatic carbocycles. The number of halogens is 5. The van der Waals surface area contributed by atoms with E-state index in [1.807, 2.05) is 115 Å². The Labute approximate surface area is 557 Å². The lowest BCUT2D eigenvalue weighted by molar-refractivity contribution is -0.0500. The van der Waals surface area contributed by atoms with Crippen LogP contribution in [-0.4, -0.2) is 93.4 Å². The molecule has 0 fully saturated rings. The average Bonchev–Trinajstić information content (AvgIpc) is 1.69. The van der Waals surface area contributed by atoms with Crippen molar-refractivity contribution in [1.29, 1.82) is 0 Å². The lowest BCUT2D eigenvalue weighted by atomic mass is 9.91. The first-order chi connectivity index (χ1) is 44.7. The van der Waals surface area contributed by atoms with Gasteiger partial charge in [0.15, 0.2) is 5.75 Å². The highest BCUT2D eigenvalue weighted by Gasteiger charge is 2.53. The number of carbonyl (C=O) groups is 2. The molecular weight excluding hydrogens is 1270 g/mol. The molecule has 2 aliphatic heterocycles. The topological polar surface area (TPSA) is 169 Å². The number of hydrogen-bond donors (Lipinski definition) is 2. The summed E-state index contributed by atoms with van der Waals surface area (Å²) >= 11 is 0. The minimum atomic E-state index is -6.09. The molecule has 0 saturated carbocycles. The molecule has 0 bridgehead atoms. The minimum absolute atomic E-state index is 0.0160. The van der Waals surface area contributed by atoms with Gasteiger partial charge in [-0.2, -0.15) is 21.6 Å². The van der Waals surface area contributed by atoms with Crippen LogP contribution in [0.2, 0.25) is 33.2 Å². The number of pyridine rings is 2. The van der Waals surface area contributed by atoms with Crippen molar-refractivity contribution in [2.45, 2.75) is 148 Å². The van der Waals surface area contributed by atoms with Crippen molar-refractivity contribution in [2.75, 3.05) is 14.1 Å². The number of rotatable bonds is 20. The number of nitrogens with zero attached hydrogens (tertiary/aromatic N) is 4. The van der Waals surface area contributed by atoms with Gasteiger partial charge in [-0.15, -0.1) is 0 Å². The summed E-state index contributed by atoms with van der Waals surface area (Å²) in [5, 5.41) is 17.9. The maximum atomic E-state index is 13.8. The van der Waals surface area contributed by atoms with E-state index >= 15 is 0 Å². The van der Waals surface area contributed by atoms with Crippen LogP contribution in [0.15, 0.2) is 140 Å². The van der Waals surface area contributed by atoms with Gasteiger partial charge in [0.05, 0.1) is 17.7 Å². The highest BCUT2D eigenvalue weighted by molar-refractivity contribution is 7.88. The zero-order valence-electron chi connectivity index (χ0n) is 56.2. The molecule has 4 heterocycles. The Morgan fingerprint density at radius 1 is 0.537 bits per heavy atom. The van der Waals surface area contributed by atoms with Gasteiger partial charge in [-0.3, -0.25) is 19.6 Å². The lowest BCUT2D eigenvalue weighted by Gasteiger charge is -2.42. The third-order valence-corrected chi connectivity index (χ3v) is 30.9. The second kappa shape index (κ2) is 30.0. The number of aromatic nitrogens is 2. The van der Waals surface area contributed by atoms with Crippen LogP contribution in [-0.2, 0) is 36.0 Å². The fourth-order valence-electron chi connectivity index (χ4n) is 13.7. The summed E-state index contributed by atoms with van der Waals surface area (Å²) in [6.07, 6.45) is 10.1. The van der Waals surface area contributed by atoms with Gasteiger partial charge >= 0.3 is 22.7 Å². The van der Waals surface area contributed by atoms with Crippen molar-refractivity contribution in [3.05, 3.63) is 213 Å². The molecule has 502 valence electrons. The summed E-state index contributed by atoms with van der Waals surface area (Å²) in [5.41, 5.74) is 4.16. The first kappa shape index (κ1) is 72.8. The van der Waals surface area contributed by atoms with E-state index in [2.05, 4.69) is 76.9 Å². The van der Waals surface area contributed by atoms with Crippen molar-refractivity contribution >= 4 is 85.7 Å². The zero-order chi connectivity index (χ0) is 69.6. The van der Waals surface area contributed by atoms with Crippen molar-refractivity contribution in [3.63, 3.8) is 0 Å². The van der Waals surface area contributed by atoms with Crippen LogP contribution in [0, 0.1) is 11.6 Å². The highest BCUT2D eigenvalue weighted by atomic mass is 32.2. The van der Waals surface area contributed by atoms with Crippen LogP contribution in [0.5, 0.6) is 17.2 Å². The van der Waals surface area contributed by atoms with E-state index in [4.69, 9.17) is 28.1 Å². The third kappa shape index (κ3) is 15.8. The lowest BCUT2D eigenvalue weighted by Crippen LogP contribution is -2.51. The number of alkyl halides is 3. The molecule has 0 aliphatic carbocycles. The summed E-state index contributed by atoms with van der Waals surface area (Å²) in [5.74, 6) is 0.243. The highest BCUT2D eigenvalue weighted by Crippen LogP contribution is 2.52. The molecule has 8 aromatic rings. The van der Waals surface area contributed by atoms with Crippen LogP contribution >= 0.6 is 0 Å². The van der Waals surface area contributed by atoms with Crippen LogP contribution in [0.4, 0.5) is 22.0 Å². The second-order valence-electron chi connectivity index (χ2n) is 26.3. The SMILES string of the molecule is CC(C)[Si](Oc1c2c(c(/C=C/c3ccccc3)c3cc(Cc4ccc(F)cc4)cnc13)CN(C)C2=O)(C(C)C)C(C)C.CC(C)[Si](Oc1c2c(c(OS(=O)(=O)C(F)(F)F)c3cc(Cc4ccc(F)cc4)cnc13)CN(C)C2=O)(C(C)C)C(C)C.OB(O)/C=C/c1ccccc1. The molecule has 22 heteroatoms. The van der Waals surface area contributed by atoms with E-state index in [-0.39, 0.29) is 69.1 Å². The van der Waals surface area contributed by atoms with Crippen molar-refractivity contribution < 1.29 is 63.0 Å². The Balaban J connectivity index is 0.000000209. The third-order valence-electron chi connectivity index (χ3n) is 18.0. The van der Waals surface area contributed by atoms with E-state index in [9.17, 15) is 40.0 Å². The second-order valence-corrected chi connectivity index (χ2v) is 38.6. The molecular formula is C73H84BF5N4O9SSi2. The average molecular weight is 1360 g/mol. The number of fused-ring (bicyclic) bond motifs is 4. The van der Waals surface area contributed by atoms with Crippen LogP contribution in [0.1, 0.15) is 154 Å². The molecule has 2 aliphatic rings. The van der Waals surface area contributed by atoms with Crippen LogP contribution in [0.3, 0.4) is 0 Å². The molecule has 2 aromatic heterocycles. The van der Waals surface area contributed by atoms with E-state index in [0.717, 1.165) is 44.3 Å². The molecule has 0 saturated heterocycles. The van der Waals surface area contributed by atoms with Gasteiger partial charge < -0.3 is 32.9 Å². The normalized spacial score (nSPS) is 13.7. The van der Waals surface area contributed by atoms with Crippen molar-refractivity contribution in [1.82, 2.24) is 19.8 Å². The summed E-state index contributed by atoms with van der Waals surface area (Å²) in [4.78, 5) is 39.9. The Kier molecular flexibility index (Phi) is 23.0. The van der Waals surface area contributed by atoms with Crippen LogP contribution < -0.4 is 13.0 Å². The summed E-state index contributed by atoms with van der Waals surface area (Å²) in [6.45, 7) is 26.1. The number of amides is 2. The predicted molar refractivity (Wildman–Crippen MR) is 373 cm³/mol. The number of hydrogen-bond acceptors (Lipinski definition) is 11. The van der Waals surface area contributed by atoms with Crippen molar-refractivity contribution in [3.8, 4) is 17.2 Å². The van der Waals surface area contributed by atoms with Gasteiger partial charge in [0, 0.05) is 49.4 Å².